The fourth-order valence-electron chi connectivity index (χ4n) is 2.86. The molecule has 0 fully saturated rings. The summed E-state index contributed by atoms with van der Waals surface area (Å²) in [7, 11) is 6.40. The molecule has 0 spiro atoms. The molecule has 0 saturated heterocycles. The molecule has 0 saturated carbocycles. The SMILES string of the molecule is COc1ccc(OCc2ccccc2)c(Pc2ccccc2CN(C)C)c1. The van der Waals surface area contributed by atoms with Crippen LogP contribution in [0.25, 0.3) is 0 Å². The fourth-order valence-corrected chi connectivity index (χ4v) is 4.15. The van der Waals surface area contributed by atoms with Gasteiger partial charge in [0.25, 0.3) is 0 Å². The van der Waals surface area contributed by atoms with Crippen LogP contribution in [0.4, 0.5) is 0 Å². The second kappa shape index (κ2) is 9.55. The van der Waals surface area contributed by atoms with Gasteiger partial charge in [0.05, 0.1) is 7.11 Å². The largest absolute Gasteiger partial charge is 0.497 e. The third-order valence-electron chi connectivity index (χ3n) is 4.20. The monoisotopic (exact) mass is 379 g/mol. The summed E-state index contributed by atoms with van der Waals surface area (Å²) in [5.74, 6) is 1.77. The Labute approximate surface area is 163 Å². The average molecular weight is 379 g/mol. The van der Waals surface area contributed by atoms with Crippen LogP contribution < -0.4 is 20.1 Å². The van der Waals surface area contributed by atoms with Gasteiger partial charge in [0.15, 0.2) is 0 Å². The quantitative estimate of drug-likeness (QED) is 0.553. The summed E-state index contributed by atoms with van der Waals surface area (Å²) in [6.45, 7) is 1.48. The topological polar surface area (TPSA) is 21.7 Å². The molecule has 4 heteroatoms. The standard InChI is InChI=1S/C23H26NO2P/c1-24(2)16-19-11-7-8-12-22(19)27-23-15-20(25-3)13-14-21(23)26-17-18-9-5-4-6-10-18/h4-15,27H,16-17H2,1-3H3. The van der Waals surface area contributed by atoms with Crippen LogP contribution in [-0.2, 0) is 13.2 Å². The number of hydrogen-bond donors (Lipinski definition) is 0. The molecule has 0 radical (unpaired) electrons. The van der Waals surface area contributed by atoms with Crippen molar-refractivity contribution in [3.8, 4) is 11.5 Å². The maximum Gasteiger partial charge on any atom is 0.127 e. The van der Waals surface area contributed by atoms with Gasteiger partial charge in [-0.25, -0.2) is 0 Å². The van der Waals surface area contributed by atoms with Crippen LogP contribution in [0.5, 0.6) is 11.5 Å². The zero-order valence-corrected chi connectivity index (χ0v) is 17.1. The van der Waals surface area contributed by atoms with Crippen LogP contribution in [0.2, 0.25) is 0 Å². The van der Waals surface area contributed by atoms with Crippen LogP contribution in [0.15, 0.2) is 72.8 Å². The lowest BCUT2D eigenvalue weighted by molar-refractivity contribution is 0.308. The summed E-state index contributed by atoms with van der Waals surface area (Å²) in [6, 6.07) is 24.9. The van der Waals surface area contributed by atoms with Gasteiger partial charge in [0.2, 0.25) is 0 Å². The zero-order valence-electron chi connectivity index (χ0n) is 16.1. The van der Waals surface area contributed by atoms with Crippen LogP contribution >= 0.6 is 8.58 Å². The molecule has 27 heavy (non-hydrogen) atoms. The molecule has 0 heterocycles. The lowest BCUT2D eigenvalue weighted by Crippen LogP contribution is -2.18. The van der Waals surface area contributed by atoms with Crippen molar-refractivity contribution in [2.75, 3.05) is 21.2 Å². The van der Waals surface area contributed by atoms with Crippen LogP contribution in [-0.4, -0.2) is 26.1 Å². The van der Waals surface area contributed by atoms with E-state index in [1.165, 1.54) is 10.9 Å². The van der Waals surface area contributed by atoms with E-state index in [1.54, 1.807) is 7.11 Å². The van der Waals surface area contributed by atoms with Gasteiger partial charge in [0, 0.05) is 11.8 Å². The number of benzene rings is 3. The summed E-state index contributed by atoms with van der Waals surface area (Å²) in [4.78, 5) is 2.20. The second-order valence-corrected chi connectivity index (χ2v) is 7.98. The van der Waals surface area contributed by atoms with Crippen molar-refractivity contribution in [1.82, 2.24) is 4.90 Å². The smallest absolute Gasteiger partial charge is 0.127 e. The van der Waals surface area contributed by atoms with Gasteiger partial charge in [-0.2, -0.15) is 0 Å². The molecule has 3 aromatic rings. The summed E-state index contributed by atoms with van der Waals surface area (Å²) in [5, 5.41) is 2.50. The lowest BCUT2D eigenvalue weighted by atomic mass is 10.2. The Morgan fingerprint density at radius 3 is 2.33 bits per heavy atom. The average Bonchev–Trinajstić information content (AvgIpc) is 2.69. The van der Waals surface area contributed by atoms with E-state index in [2.05, 4.69) is 61.5 Å². The Morgan fingerprint density at radius 1 is 0.852 bits per heavy atom. The Kier molecular flexibility index (Phi) is 6.86. The molecular weight excluding hydrogens is 353 g/mol. The zero-order chi connectivity index (χ0) is 19.1. The minimum atomic E-state index is 0.509. The highest BCUT2D eigenvalue weighted by atomic mass is 31.1. The van der Waals surface area contributed by atoms with Gasteiger partial charge in [-0.05, 0) is 48.7 Å². The van der Waals surface area contributed by atoms with Crippen molar-refractivity contribution in [1.29, 1.82) is 0 Å². The maximum absolute atomic E-state index is 6.16. The Balaban J connectivity index is 1.85. The highest BCUT2D eigenvalue weighted by Gasteiger charge is 2.11. The first-order valence-electron chi connectivity index (χ1n) is 9.00. The van der Waals surface area contributed by atoms with Gasteiger partial charge < -0.3 is 14.4 Å². The molecule has 140 valence electrons. The summed E-state index contributed by atoms with van der Waals surface area (Å²) < 4.78 is 11.6. The van der Waals surface area contributed by atoms with Crippen molar-refractivity contribution >= 4 is 19.2 Å². The normalized spacial score (nSPS) is 11.3. The summed E-state index contributed by atoms with van der Waals surface area (Å²) in [6.07, 6.45) is 0. The van der Waals surface area contributed by atoms with Crippen molar-refractivity contribution in [3.05, 3.63) is 83.9 Å². The molecule has 0 aromatic heterocycles. The number of methoxy groups -OCH3 is 1. The van der Waals surface area contributed by atoms with E-state index in [4.69, 9.17) is 9.47 Å². The van der Waals surface area contributed by atoms with Gasteiger partial charge in [-0.15, -0.1) is 0 Å². The highest BCUT2D eigenvalue weighted by Crippen LogP contribution is 2.25. The van der Waals surface area contributed by atoms with E-state index in [-0.39, 0.29) is 0 Å². The third kappa shape index (κ3) is 5.56. The maximum atomic E-state index is 6.16. The Hall–Kier alpha value is -2.35. The summed E-state index contributed by atoms with van der Waals surface area (Å²) >= 11 is 0. The number of nitrogens with zero attached hydrogens (tertiary/aromatic N) is 1. The minimum absolute atomic E-state index is 0.509. The molecule has 1 unspecified atom stereocenters. The van der Waals surface area contributed by atoms with Crippen LogP contribution in [0, 0.1) is 0 Å². The van der Waals surface area contributed by atoms with Gasteiger partial charge in [0.1, 0.15) is 18.1 Å². The molecule has 3 nitrogen and oxygen atoms in total. The molecule has 0 amide bonds. The lowest BCUT2D eigenvalue weighted by Gasteiger charge is -2.17. The van der Waals surface area contributed by atoms with E-state index in [9.17, 15) is 0 Å². The van der Waals surface area contributed by atoms with Crippen molar-refractivity contribution in [2.45, 2.75) is 13.2 Å². The molecule has 0 aliphatic heterocycles. The van der Waals surface area contributed by atoms with E-state index < -0.39 is 0 Å². The van der Waals surface area contributed by atoms with Crippen molar-refractivity contribution in [3.63, 3.8) is 0 Å². The van der Waals surface area contributed by atoms with E-state index in [0.717, 1.165) is 28.9 Å². The van der Waals surface area contributed by atoms with E-state index in [1.807, 2.05) is 30.3 Å². The van der Waals surface area contributed by atoms with Gasteiger partial charge in [-0.1, -0.05) is 63.2 Å². The third-order valence-corrected chi connectivity index (χ3v) is 5.61. The minimum Gasteiger partial charge on any atom is -0.497 e. The fraction of sp³-hybridized carbons (Fsp3) is 0.217. The molecule has 0 N–H and O–H groups in total. The molecule has 3 rings (SSSR count). The molecule has 0 aliphatic rings. The first-order chi connectivity index (χ1) is 13.2. The van der Waals surface area contributed by atoms with Gasteiger partial charge >= 0.3 is 0 Å². The van der Waals surface area contributed by atoms with Crippen molar-refractivity contribution < 1.29 is 9.47 Å². The number of ether oxygens (including phenoxy) is 2. The van der Waals surface area contributed by atoms with Gasteiger partial charge in [-0.3, -0.25) is 0 Å². The van der Waals surface area contributed by atoms with E-state index in [0.29, 0.717) is 15.2 Å². The Bertz CT molecular complexity index is 865. The first-order valence-corrected chi connectivity index (χ1v) is 10.00. The van der Waals surface area contributed by atoms with Crippen LogP contribution in [0.1, 0.15) is 11.1 Å². The second-order valence-electron chi connectivity index (χ2n) is 6.66. The number of hydrogen-bond acceptors (Lipinski definition) is 3. The predicted octanol–water partition coefficient (Wildman–Crippen LogP) is 3.97. The molecule has 3 aromatic carbocycles. The van der Waals surface area contributed by atoms with Crippen LogP contribution in [0.3, 0.4) is 0 Å². The highest BCUT2D eigenvalue weighted by molar-refractivity contribution is 7.55. The molecule has 0 aliphatic carbocycles. The summed E-state index contributed by atoms with van der Waals surface area (Å²) in [5.41, 5.74) is 2.51. The van der Waals surface area contributed by atoms with E-state index >= 15 is 0 Å². The molecule has 1 atom stereocenters. The molecule has 0 bridgehead atoms. The Morgan fingerprint density at radius 2 is 1.59 bits per heavy atom. The molecular formula is C23H26NO2P. The van der Waals surface area contributed by atoms with Crippen molar-refractivity contribution in [2.24, 2.45) is 0 Å². The predicted molar refractivity (Wildman–Crippen MR) is 115 cm³/mol. The number of rotatable bonds is 8. The first kappa shape index (κ1) is 19.4.